The normalized spacial score (nSPS) is 20.7. The summed E-state index contributed by atoms with van der Waals surface area (Å²) in [6, 6.07) is 4.07. The average molecular weight is 434 g/mol. The SMILES string of the molecule is Cc1cnc(N[C@H]2CC[C@@H]([N+](C)(CC(N)=O)c3ccc(F)c(F)c3)CC2)nc1N(C)C. The Labute approximate surface area is 181 Å². The third kappa shape index (κ3) is 5.10. The van der Waals surface area contributed by atoms with Gasteiger partial charge < -0.3 is 16.0 Å². The van der Waals surface area contributed by atoms with Crippen LogP contribution in [0.25, 0.3) is 0 Å². The highest BCUT2D eigenvalue weighted by atomic mass is 19.2. The zero-order valence-corrected chi connectivity index (χ0v) is 18.5. The van der Waals surface area contributed by atoms with E-state index in [9.17, 15) is 13.6 Å². The molecule has 168 valence electrons. The maximum absolute atomic E-state index is 13.9. The highest BCUT2D eigenvalue weighted by Crippen LogP contribution is 2.34. The van der Waals surface area contributed by atoms with Gasteiger partial charge in [0.05, 0.1) is 13.1 Å². The van der Waals surface area contributed by atoms with E-state index in [2.05, 4.69) is 15.3 Å². The third-order valence-electron chi connectivity index (χ3n) is 6.18. The van der Waals surface area contributed by atoms with Crippen molar-refractivity contribution in [2.75, 3.05) is 37.9 Å². The number of hydrogen-bond donors (Lipinski definition) is 2. The fourth-order valence-electron chi connectivity index (χ4n) is 4.49. The smallest absolute Gasteiger partial charge is 0.273 e. The molecule has 0 radical (unpaired) electrons. The lowest BCUT2D eigenvalue weighted by atomic mass is 9.88. The number of benzene rings is 1. The van der Waals surface area contributed by atoms with Crippen molar-refractivity contribution in [2.24, 2.45) is 5.73 Å². The molecule has 0 saturated heterocycles. The molecule has 1 aromatic heterocycles. The van der Waals surface area contributed by atoms with E-state index in [1.165, 1.54) is 12.1 Å². The Morgan fingerprint density at radius 2 is 1.90 bits per heavy atom. The monoisotopic (exact) mass is 433 g/mol. The molecule has 0 aliphatic heterocycles. The number of aryl methyl sites for hydroxylation is 1. The molecular weight excluding hydrogens is 402 g/mol. The van der Waals surface area contributed by atoms with Crippen LogP contribution in [0.4, 0.5) is 26.2 Å². The largest absolute Gasteiger partial charge is 0.365 e. The van der Waals surface area contributed by atoms with Crippen molar-refractivity contribution in [1.82, 2.24) is 14.5 Å². The van der Waals surface area contributed by atoms with Gasteiger partial charge in [0.1, 0.15) is 11.5 Å². The number of carbonyl (C=O) groups is 1. The first-order valence-corrected chi connectivity index (χ1v) is 10.5. The lowest BCUT2D eigenvalue weighted by Gasteiger charge is -2.43. The molecule has 1 saturated carbocycles. The Kier molecular flexibility index (Phi) is 6.74. The second-order valence-electron chi connectivity index (χ2n) is 8.74. The standard InChI is InChI=1S/C22H30F2N6O/c1-14-12-26-22(28-21(14)29(2)3)27-15-5-7-16(8-6-15)30(4,13-20(25)31)17-9-10-18(23)19(24)11-17/h9-12,15-16H,5-8,13H2,1-4H3,(H2-,25,26,27,28,31)/p+1/t15-,16+,30?. The number of carbonyl (C=O) groups excluding carboxylic acids is 1. The van der Waals surface area contributed by atoms with Crippen LogP contribution in [-0.4, -0.2) is 55.6 Å². The van der Waals surface area contributed by atoms with Gasteiger partial charge in [-0.2, -0.15) is 4.98 Å². The lowest BCUT2D eigenvalue weighted by molar-refractivity contribution is -0.119. The van der Waals surface area contributed by atoms with Gasteiger partial charge in [0.2, 0.25) is 5.95 Å². The van der Waals surface area contributed by atoms with Crippen LogP contribution in [0, 0.1) is 18.6 Å². The molecule has 1 fully saturated rings. The van der Waals surface area contributed by atoms with Crippen molar-refractivity contribution < 1.29 is 13.6 Å². The molecule has 9 heteroatoms. The van der Waals surface area contributed by atoms with Crippen LogP contribution in [0.5, 0.6) is 0 Å². The van der Waals surface area contributed by atoms with Crippen molar-refractivity contribution in [3.8, 4) is 0 Å². The quantitative estimate of drug-likeness (QED) is 0.656. The first kappa shape index (κ1) is 22.9. The van der Waals surface area contributed by atoms with Crippen LogP contribution < -0.4 is 20.4 Å². The summed E-state index contributed by atoms with van der Waals surface area (Å²) in [6.07, 6.45) is 5.09. The Hall–Kier alpha value is -2.81. The van der Waals surface area contributed by atoms with Crippen molar-refractivity contribution in [3.05, 3.63) is 41.6 Å². The molecule has 3 N–H and O–H groups in total. The molecule has 1 aromatic carbocycles. The fourth-order valence-corrected chi connectivity index (χ4v) is 4.49. The van der Waals surface area contributed by atoms with E-state index in [0.717, 1.165) is 43.1 Å². The van der Waals surface area contributed by atoms with Crippen molar-refractivity contribution in [2.45, 2.75) is 44.7 Å². The van der Waals surface area contributed by atoms with Crippen LogP contribution in [0.1, 0.15) is 31.2 Å². The number of quaternary nitrogens is 1. The van der Waals surface area contributed by atoms with Crippen LogP contribution in [0.15, 0.2) is 24.4 Å². The summed E-state index contributed by atoms with van der Waals surface area (Å²) >= 11 is 0. The van der Waals surface area contributed by atoms with E-state index in [0.29, 0.717) is 11.6 Å². The maximum atomic E-state index is 13.9. The second kappa shape index (κ2) is 9.13. The van der Waals surface area contributed by atoms with Gasteiger partial charge >= 0.3 is 0 Å². The van der Waals surface area contributed by atoms with Gasteiger partial charge in [-0.05, 0) is 25.8 Å². The number of anilines is 2. The predicted octanol–water partition coefficient (Wildman–Crippen LogP) is 2.97. The van der Waals surface area contributed by atoms with E-state index in [1.54, 1.807) is 6.20 Å². The summed E-state index contributed by atoms with van der Waals surface area (Å²) in [5.41, 5.74) is 7.07. The number of hydrogen-bond acceptors (Lipinski definition) is 5. The van der Waals surface area contributed by atoms with E-state index in [-0.39, 0.29) is 23.1 Å². The maximum Gasteiger partial charge on any atom is 0.273 e. The molecule has 1 aliphatic rings. The molecule has 1 aliphatic carbocycles. The van der Waals surface area contributed by atoms with Gasteiger partial charge in [0.15, 0.2) is 18.2 Å². The first-order chi connectivity index (χ1) is 14.6. The minimum Gasteiger partial charge on any atom is -0.365 e. The molecular formula is C22H31F2N6O+. The van der Waals surface area contributed by atoms with Crippen LogP contribution in [0.3, 0.4) is 0 Å². The van der Waals surface area contributed by atoms with E-state index >= 15 is 0 Å². The highest BCUT2D eigenvalue weighted by Gasteiger charge is 2.39. The lowest BCUT2D eigenvalue weighted by Crippen LogP contribution is -2.59. The van der Waals surface area contributed by atoms with E-state index in [1.807, 2.05) is 33.0 Å². The highest BCUT2D eigenvalue weighted by molar-refractivity contribution is 5.78. The molecule has 1 amide bonds. The van der Waals surface area contributed by atoms with Crippen LogP contribution in [-0.2, 0) is 4.79 Å². The number of rotatable bonds is 7. The third-order valence-corrected chi connectivity index (χ3v) is 6.18. The minimum absolute atomic E-state index is 0.0289. The fraction of sp³-hybridized carbons (Fsp3) is 0.500. The van der Waals surface area contributed by atoms with Gasteiger partial charge in [-0.25, -0.2) is 13.8 Å². The summed E-state index contributed by atoms with van der Waals surface area (Å²) < 4.78 is 27.5. The molecule has 1 heterocycles. The molecule has 31 heavy (non-hydrogen) atoms. The number of nitrogens with two attached hydrogens (primary N) is 1. The topological polar surface area (TPSA) is 84.1 Å². The Morgan fingerprint density at radius 1 is 1.23 bits per heavy atom. The number of amides is 1. The van der Waals surface area contributed by atoms with Gasteiger partial charge in [-0.15, -0.1) is 0 Å². The molecule has 0 spiro atoms. The van der Waals surface area contributed by atoms with E-state index in [4.69, 9.17) is 5.73 Å². The van der Waals surface area contributed by atoms with Gasteiger partial charge in [-0.1, -0.05) is 0 Å². The minimum atomic E-state index is -0.921. The average Bonchev–Trinajstić information content (AvgIpc) is 2.71. The number of aromatic nitrogens is 2. The summed E-state index contributed by atoms with van der Waals surface area (Å²) in [5, 5.41) is 3.42. The molecule has 1 atom stereocenters. The van der Waals surface area contributed by atoms with Crippen molar-refractivity contribution in [1.29, 1.82) is 0 Å². The number of nitrogens with zero attached hydrogens (tertiary/aromatic N) is 4. The van der Waals surface area contributed by atoms with E-state index < -0.39 is 17.5 Å². The molecule has 7 nitrogen and oxygen atoms in total. The number of halogens is 2. The first-order valence-electron chi connectivity index (χ1n) is 10.5. The van der Waals surface area contributed by atoms with Gasteiger partial charge in [0, 0.05) is 56.9 Å². The molecule has 2 aromatic rings. The second-order valence-corrected chi connectivity index (χ2v) is 8.74. The Bertz CT molecular complexity index is 946. The summed E-state index contributed by atoms with van der Waals surface area (Å²) in [7, 11) is 5.75. The van der Waals surface area contributed by atoms with Crippen molar-refractivity contribution in [3.63, 3.8) is 0 Å². The van der Waals surface area contributed by atoms with Gasteiger partial charge in [0.25, 0.3) is 5.91 Å². The zero-order valence-electron chi connectivity index (χ0n) is 18.5. The van der Waals surface area contributed by atoms with Crippen LogP contribution >= 0.6 is 0 Å². The zero-order chi connectivity index (χ0) is 22.8. The Balaban J connectivity index is 1.73. The number of likely N-dealkylation sites (N-methyl/N-ethyl adjacent to an activating group) is 1. The molecule has 0 bridgehead atoms. The molecule has 1 unspecified atom stereocenters. The van der Waals surface area contributed by atoms with Gasteiger partial charge in [-0.3, -0.25) is 9.28 Å². The predicted molar refractivity (Wildman–Crippen MR) is 119 cm³/mol. The van der Waals surface area contributed by atoms with Crippen molar-refractivity contribution >= 4 is 23.4 Å². The summed E-state index contributed by atoms with van der Waals surface area (Å²) in [5.74, 6) is -0.841. The summed E-state index contributed by atoms with van der Waals surface area (Å²) in [4.78, 5) is 22.8. The summed E-state index contributed by atoms with van der Waals surface area (Å²) in [6.45, 7) is 2.00. The number of primary amides is 1. The Morgan fingerprint density at radius 3 is 2.48 bits per heavy atom. The molecule has 3 rings (SSSR count). The number of nitrogens with one attached hydrogen (secondary N) is 1. The van der Waals surface area contributed by atoms with Crippen LogP contribution in [0.2, 0.25) is 0 Å².